The van der Waals surface area contributed by atoms with Gasteiger partial charge in [0.2, 0.25) is 0 Å². The van der Waals surface area contributed by atoms with Gasteiger partial charge in [-0.05, 0) is 103 Å². The maximum atomic E-state index is 5.52. The highest BCUT2D eigenvalue weighted by Crippen LogP contribution is 2.62. The van der Waals surface area contributed by atoms with Gasteiger partial charge < -0.3 is 9.88 Å². The van der Waals surface area contributed by atoms with Crippen molar-refractivity contribution < 1.29 is 0 Å². The third-order valence-corrected chi connectivity index (χ3v) is 14.0. The van der Waals surface area contributed by atoms with Crippen molar-refractivity contribution in [1.82, 2.24) is 9.88 Å². The van der Waals surface area contributed by atoms with Gasteiger partial charge in [0.1, 0.15) is 12.0 Å². The van der Waals surface area contributed by atoms with E-state index >= 15 is 0 Å². The van der Waals surface area contributed by atoms with E-state index in [1.165, 1.54) is 77.0 Å². The molecule has 0 fully saturated rings. The molecule has 14 rings (SSSR count). The number of nitrogens with one attached hydrogen (secondary N) is 1. The summed E-state index contributed by atoms with van der Waals surface area (Å²) < 4.78 is 2.44. The van der Waals surface area contributed by atoms with Gasteiger partial charge in [-0.25, -0.2) is 9.98 Å². The third kappa shape index (κ3) is 4.88. The van der Waals surface area contributed by atoms with Crippen molar-refractivity contribution >= 4 is 55.0 Å². The van der Waals surface area contributed by atoms with Crippen LogP contribution in [0.3, 0.4) is 0 Å². The smallest absolute Gasteiger partial charge is 0.159 e. The number of para-hydroxylation sites is 1. The van der Waals surface area contributed by atoms with Gasteiger partial charge in [0.05, 0.1) is 22.1 Å². The molecule has 1 aliphatic heterocycles. The average molecular weight is 815 g/mol. The Morgan fingerprint density at radius 3 is 1.70 bits per heavy atom. The normalized spacial score (nSPS) is 15.5. The van der Waals surface area contributed by atoms with Crippen LogP contribution in [-0.4, -0.2) is 16.2 Å². The first kappa shape index (κ1) is 35.3. The van der Waals surface area contributed by atoms with Crippen LogP contribution in [0.5, 0.6) is 0 Å². The SMILES string of the molecule is c1ccc(C2N=C(c3cc(-n4c5ccccc5c5cc6ccccc6cc54)c4ccccc4c3)N=C(c3ccc4c(c3)C3(c5ccccc5-c5ccccc53)c3ccccc3-4)N2)cc1. The molecule has 2 heterocycles. The van der Waals surface area contributed by atoms with E-state index < -0.39 is 5.41 Å². The number of hydrogen-bond donors (Lipinski definition) is 1. The Bertz CT molecular complexity index is 3770. The summed E-state index contributed by atoms with van der Waals surface area (Å²) in [5.41, 5.74) is 16.4. The zero-order chi connectivity index (χ0) is 41.9. The lowest BCUT2D eigenvalue weighted by Crippen LogP contribution is -2.34. The molecular formula is C60H38N4. The standard InChI is InChI=1S/C60H38N4/c1-2-16-37(17-3-1)57-61-58(41-30-31-47-46-24-10-14-28-52(46)60(53(47)34-41)50-26-12-8-22-44(50)45-23-9-13-27-51(45)60)63-59(62-57)42-32-40-20-6-7-21-43(40)55(36-42)64-54-29-15-11-25-48(54)49-33-38-18-4-5-19-39(38)35-56(49)64/h1-36,57H,(H,61,62,63). The van der Waals surface area contributed by atoms with E-state index in [4.69, 9.17) is 9.98 Å². The summed E-state index contributed by atoms with van der Waals surface area (Å²) in [4.78, 5) is 11.0. The molecule has 4 heteroatoms. The number of nitrogens with zero attached hydrogens (tertiary/aromatic N) is 3. The molecule has 2 aliphatic carbocycles. The summed E-state index contributed by atoms with van der Waals surface area (Å²) in [5.74, 6) is 1.49. The predicted molar refractivity (Wildman–Crippen MR) is 264 cm³/mol. The lowest BCUT2D eigenvalue weighted by atomic mass is 9.70. The summed E-state index contributed by atoms with van der Waals surface area (Å²) in [6, 6.07) is 79.8. The third-order valence-electron chi connectivity index (χ3n) is 14.0. The first-order chi connectivity index (χ1) is 31.7. The largest absolute Gasteiger partial charge is 0.344 e. The van der Waals surface area contributed by atoms with Crippen LogP contribution in [0, 0.1) is 0 Å². The first-order valence-corrected chi connectivity index (χ1v) is 22.1. The molecule has 1 N–H and O–H groups in total. The second-order valence-corrected chi connectivity index (χ2v) is 17.3. The number of aliphatic imine (C=N–C) groups is 2. The van der Waals surface area contributed by atoms with Crippen LogP contribution in [0.4, 0.5) is 0 Å². The van der Waals surface area contributed by atoms with Gasteiger partial charge >= 0.3 is 0 Å². The van der Waals surface area contributed by atoms with E-state index in [-0.39, 0.29) is 6.17 Å². The molecule has 10 aromatic carbocycles. The summed E-state index contributed by atoms with van der Waals surface area (Å²) >= 11 is 0. The number of rotatable bonds is 4. The van der Waals surface area contributed by atoms with E-state index in [0.29, 0.717) is 5.84 Å². The zero-order valence-electron chi connectivity index (χ0n) is 34.7. The second kappa shape index (κ2) is 13.3. The van der Waals surface area contributed by atoms with E-state index in [0.717, 1.165) is 39.1 Å². The molecule has 1 spiro atoms. The van der Waals surface area contributed by atoms with Crippen LogP contribution in [0.15, 0.2) is 228 Å². The molecule has 0 saturated heterocycles. The average Bonchev–Trinajstić information content (AvgIpc) is 3.96. The minimum absolute atomic E-state index is 0.356. The highest BCUT2D eigenvalue weighted by Gasteiger charge is 2.51. The summed E-state index contributed by atoms with van der Waals surface area (Å²) in [7, 11) is 0. The maximum absolute atomic E-state index is 5.52. The van der Waals surface area contributed by atoms with Crippen molar-refractivity contribution in [1.29, 1.82) is 0 Å². The van der Waals surface area contributed by atoms with Gasteiger partial charge in [0.25, 0.3) is 0 Å². The predicted octanol–water partition coefficient (Wildman–Crippen LogP) is 13.9. The fourth-order valence-electron chi connectivity index (χ4n) is 11.3. The van der Waals surface area contributed by atoms with E-state index in [2.05, 4.69) is 228 Å². The van der Waals surface area contributed by atoms with E-state index in [1.807, 2.05) is 0 Å². The molecule has 1 unspecified atom stereocenters. The second-order valence-electron chi connectivity index (χ2n) is 17.3. The van der Waals surface area contributed by atoms with Gasteiger partial charge in [-0.15, -0.1) is 0 Å². The number of aromatic nitrogens is 1. The Morgan fingerprint density at radius 1 is 0.406 bits per heavy atom. The Hall–Kier alpha value is -8.34. The molecule has 298 valence electrons. The Kier molecular flexibility index (Phi) is 7.35. The van der Waals surface area contributed by atoms with Crippen molar-refractivity contribution in [3.63, 3.8) is 0 Å². The molecule has 0 radical (unpaired) electrons. The van der Waals surface area contributed by atoms with Crippen molar-refractivity contribution in [2.45, 2.75) is 11.6 Å². The number of benzene rings is 10. The molecule has 4 nitrogen and oxygen atoms in total. The Morgan fingerprint density at radius 2 is 0.984 bits per heavy atom. The lowest BCUT2D eigenvalue weighted by Gasteiger charge is -2.31. The molecule has 64 heavy (non-hydrogen) atoms. The lowest BCUT2D eigenvalue weighted by molar-refractivity contribution is 0.674. The molecule has 3 aliphatic rings. The topological polar surface area (TPSA) is 41.7 Å². The van der Waals surface area contributed by atoms with Gasteiger partial charge in [0.15, 0.2) is 5.84 Å². The Balaban J connectivity index is 0.994. The van der Waals surface area contributed by atoms with Crippen LogP contribution in [0.2, 0.25) is 0 Å². The quantitative estimate of drug-likeness (QED) is 0.189. The fourth-order valence-corrected chi connectivity index (χ4v) is 11.3. The highest BCUT2D eigenvalue weighted by molar-refractivity contribution is 6.17. The summed E-state index contributed by atoms with van der Waals surface area (Å²) in [6.07, 6.45) is -0.356. The first-order valence-electron chi connectivity index (χ1n) is 22.1. The molecule has 1 atom stereocenters. The molecule has 0 amide bonds. The molecule has 11 aromatic rings. The van der Waals surface area contributed by atoms with Crippen molar-refractivity contribution in [2.24, 2.45) is 9.98 Å². The minimum Gasteiger partial charge on any atom is -0.344 e. The number of amidine groups is 2. The van der Waals surface area contributed by atoms with E-state index in [9.17, 15) is 0 Å². The fraction of sp³-hybridized carbons (Fsp3) is 0.0333. The minimum atomic E-state index is -0.457. The molecule has 0 bridgehead atoms. The van der Waals surface area contributed by atoms with Gasteiger partial charge in [-0.2, -0.15) is 0 Å². The summed E-state index contributed by atoms with van der Waals surface area (Å²) in [6.45, 7) is 0. The number of fused-ring (bicyclic) bond motifs is 15. The van der Waals surface area contributed by atoms with Crippen LogP contribution >= 0.6 is 0 Å². The van der Waals surface area contributed by atoms with Crippen LogP contribution < -0.4 is 5.32 Å². The maximum Gasteiger partial charge on any atom is 0.159 e. The van der Waals surface area contributed by atoms with Crippen LogP contribution in [0.1, 0.15) is 45.1 Å². The highest BCUT2D eigenvalue weighted by atomic mass is 15.2. The van der Waals surface area contributed by atoms with Crippen LogP contribution in [-0.2, 0) is 5.41 Å². The zero-order valence-corrected chi connectivity index (χ0v) is 34.7. The molecular weight excluding hydrogens is 777 g/mol. The van der Waals surface area contributed by atoms with Gasteiger partial charge in [-0.3, -0.25) is 0 Å². The van der Waals surface area contributed by atoms with E-state index in [1.54, 1.807) is 0 Å². The molecule has 0 saturated carbocycles. The van der Waals surface area contributed by atoms with Crippen LogP contribution in [0.25, 0.3) is 71.3 Å². The molecule has 1 aromatic heterocycles. The van der Waals surface area contributed by atoms with Gasteiger partial charge in [-0.1, -0.05) is 182 Å². The van der Waals surface area contributed by atoms with Crippen molar-refractivity contribution in [3.8, 4) is 27.9 Å². The monoisotopic (exact) mass is 814 g/mol. The number of hydrogen-bond acceptors (Lipinski definition) is 3. The summed E-state index contributed by atoms with van der Waals surface area (Å²) in [5, 5.41) is 11.0. The van der Waals surface area contributed by atoms with Gasteiger partial charge in [0, 0.05) is 27.3 Å². The van der Waals surface area contributed by atoms with Crippen molar-refractivity contribution in [2.75, 3.05) is 0 Å². The van der Waals surface area contributed by atoms with Crippen molar-refractivity contribution in [3.05, 3.63) is 257 Å². The Labute approximate surface area is 370 Å².